The van der Waals surface area contributed by atoms with Crippen molar-refractivity contribution in [3.63, 3.8) is 0 Å². The summed E-state index contributed by atoms with van der Waals surface area (Å²) in [7, 11) is 0. The molecule has 0 radical (unpaired) electrons. The Bertz CT molecular complexity index is 3160. The van der Waals surface area contributed by atoms with Crippen molar-refractivity contribution in [2.75, 3.05) is 52.9 Å². The molecule has 14 fully saturated rings. The van der Waals surface area contributed by atoms with Crippen molar-refractivity contribution in [1.82, 2.24) is 0 Å². The van der Waals surface area contributed by atoms with E-state index in [-0.39, 0.29) is 75.4 Å². The second-order valence-corrected chi connectivity index (χ2v) is 53.7. The first kappa shape index (κ1) is 138. The van der Waals surface area contributed by atoms with Crippen molar-refractivity contribution in [2.24, 2.45) is 178 Å². The number of carbonyl (C=O) groups is 2. The van der Waals surface area contributed by atoms with E-state index in [1.807, 2.05) is 41.5 Å². The lowest BCUT2D eigenvalue weighted by Crippen LogP contribution is -2.51. The van der Waals surface area contributed by atoms with E-state index in [9.17, 15) is 60.7 Å². The summed E-state index contributed by atoms with van der Waals surface area (Å²) in [6.45, 7) is 72.7. The van der Waals surface area contributed by atoms with Gasteiger partial charge >= 0.3 is 11.9 Å². The molecule has 0 aromatic rings. The molecule has 14 rings (SSSR count). The molecule has 858 valence electrons. The van der Waals surface area contributed by atoms with Gasteiger partial charge in [-0.15, -0.1) is 0 Å². The number of carboxylic acids is 2. The monoisotopic (exact) mass is 2060 g/mol. The zero-order valence-electron chi connectivity index (χ0n) is 97.8. The number of hydrogen-bond acceptors (Lipinski definition) is 20. The van der Waals surface area contributed by atoms with Gasteiger partial charge in [0.1, 0.15) is 24.4 Å². The van der Waals surface area contributed by atoms with Crippen molar-refractivity contribution in [3.05, 3.63) is 0 Å². The van der Waals surface area contributed by atoms with Crippen molar-refractivity contribution in [1.29, 1.82) is 0 Å². The van der Waals surface area contributed by atoms with Gasteiger partial charge < -0.3 is 99.9 Å². The lowest BCUT2D eigenvalue weighted by Gasteiger charge is -2.40. The molecule has 22 unspecified atom stereocenters. The summed E-state index contributed by atoms with van der Waals surface area (Å²) < 4.78 is 32.7. The maximum Gasteiger partial charge on any atom is 0.306 e. The molecule has 22 nitrogen and oxygen atoms in total. The van der Waals surface area contributed by atoms with Crippen molar-refractivity contribution < 1.29 is 110 Å². The fourth-order valence-corrected chi connectivity index (χ4v) is 24.8. The van der Waals surface area contributed by atoms with E-state index in [1.54, 1.807) is 13.8 Å². The standard InChI is InChI=1S/2C12H24O.C11H22O3.C11H20O2.C11H20O.C10H20O2.C10H18O2.C9H16O3.C9H18O3.2C9H18O.C8H16O2.CH4/c1-9(2)10-5-7-11(8-6-10)12(3,4)13;1-9(2)10-6-5-7-11(8-10)12(3,4)13;1-7(2)8-5-9(12)10(14-6-8)11(3,4)13;1-8(2)10-5-3-9(4-6-10)7-11(12)13;1-7(2)8-3-4-10-9(8)5-6-11(10)12;1-7(2)8-5-9(12-6-8)10(3,4)11;1-7(2)8-3-5-9(6-4-8)10(11)12;1-5(2)6-3-11-9-7(10)4-12-8(6)9;1-6(2)7-3-8(11)9(4-10)12-5-7;1-7(2)8-3-5-9(10)6-4-8;1-7(2)8-4-3-5-9(10)6-8;1-6(2)7-3-8(4-9)10-5-7;/h2*9-11,13H,5-8H2,1-4H3;7-10,12-13H,5-6H2,1-4H3;8-10H,3-7H2,1-2H3,(H,12,13);7-12H,3-6H2,1-2H3;7-9,11H,5-6H2,1-4H3;7-9H,3-6H2,1-2H3,(H,11,12);5-10H,3-4H2,1-2H3;6-11H,3-5H2,1-2H3;2*7-10H,3-6H2,1-2H3;6-9H,3-5H2,1-2H3;1H4. The quantitative estimate of drug-likeness (QED) is 0.0507. The van der Waals surface area contributed by atoms with Crippen molar-refractivity contribution >= 4 is 11.9 Å². The molecule has 22 atom stereocenters. The SMILES string of the molecule is C.CC(C)C1CCC(C(=O)O)CC1.CC(C)C1CCC(C(C)(C)O)CC1.CC(C)C1CCC(CC(=O)O)CC1.CC(C)C1CCC(O)CC1.CC(C)C1CCC2C(O)CCC12.CC(C)C1CCCC(C(C)(C)O)C1.CC(C)C1CCCC(O)C1.CC(C)C1COC(C(C)(C)O)C(O)C1.CC(C)C1COC(C(C)(C)O)C1.CC(C)C1COC(CO)C(O)C1.CC(C)C1COC(CO)C1.CC(C)C1COC2C(O)COC12. The van der Waals surface area contributed by atoms with E-state index >= 15 is 0 Å². The highest BCUT2D eigenvalue weighted by molar-refractivity contribution is 5.70. The number of aliphatic hydroxyl groups excluding tert-OH is 8. The molecular formula is C122H238O22. The molecule has 22 heteroatoms. The van der Waals surface area contributed by atoms with Crippen LogP contribution in [0.2, 0.25) is 0 Å². The van der Waals surface area contributed by atoms with Crippen LogP contribution in [0.4, 0.5) is 0 Å². The van der Waals surface area contributed by atoms with Crippen LogP contribution in [-0.4, -0.2) is 232 Å². The highest BCUT2D eigenvalue weighted by Crippen LogP contribution is 2.51. The second kappa shape index (κ2) is 68.6. The third-order valence-corrected chi connectivity index (χ3v) is 36.7. The van der Waals surface area contributed by atoms with E-state index in [1.165, 1.54) is 109 Å². The molecule has 6 saturated heterocycles. The van der Waals surface area contributed by atoms with Gasteiger partial charge in [-0.1, -0.05) is 199 Å². The molecule has 0 aromatic carbocycles. The number of fused-ring (bicyclic) bond motifs is 2. The first-order chi connectivity index (χ1) is 66.4. The Morgan fingerprint density at radius 1 is 0.292 bits per heavy atom. The average molecular weight is 2060 g/mol. The summed E-state index contributed by atoms with van der Waals surface area (Å²) in [4.78, 5) is 21.1. The number of hydrogen-bond donors (Lipinski definition) is 14. The third kappa shape index (κ3) is 51.3. The lowest BCUT2D eigenvalue weighted by atomic mass is 9.71. The molecule has 0 amide bonds. The molecular weight excluding hydrogens is 1820 g/mol. The van der Waals surface area contributed by atoms with Gasteiger partial charge in [-0.2, -0.15) is 0 Å². The van der Waals surface area contributed by atoms with Gasteiger partial charge in [0.05, 0.1) is 130 Å². The van der Waals surface area contributed by atoms with Crippen molar-refractivity contribution in [2.45, 2.75) is 537 Å². The summed E-state index contributed by atoms with van der Waals surface area (Å²) in [6, 6.07) is 0. The van der Waals surface area contributed by atoms with E-state index in [4.69, 9.17) is 48.8 Å². The van der Waals surface area contributed by atoms with Crippen LogP contribution in [0.3, 0.4) is 0 Å². The minimum atomic E-state index is -0.957. The van der Waals surface area contributed by atoms with E-state index in [0.29, 0.717) is 109 Å². The Labute approximate surface area is 883 Å². The van der Waals surface area contributed by atoms with Gasteiger partial charge in [-0.3, -0.25) is 9.59 Å². The number of aliphatic carboxylic acids is 2. The van der Waals surface area contributed by atoms with E-state index in [0.717, 1.165) is 205 Å². The summed E-state index contributed by atoms with van der Waals surface area (Å²) in [5.74, 6) is 18.7. The second-order valence-electron chi connectivity index (χ2n) is 53.7. The normalized spacial score (nSPS) is 34.9. The molecule has 144 heavy (non-hydrogen) atoms. The summed E-state index contributed by atoms with van der Waals surface area (Å²) >= 11 is 0. The number of rotatable bonds is 21. The van der Waals surface area contributed by atoms with Crippen LogP contribution >= 0.6 is 0 Å². The first-order valence-electron chi connectivity index (χ1n) is 58.8. The van der Waals surface area contributed by atoms with Crippen LogP contribution in [-0.2, 0) is 38.0 Å². The molecule has 0 spiro atoms. The predicted octanol–water partition coefficient (Wildman–Crippen LogP) is 24.2. The Morgan fingerprint density at radius 3 is 1.07 bits per heavy atom. The van der Waals surface area contributed by atoms with Crippen LogP contribution in [0.1, 0.15) is 441 Å². The molecule has 8 aliphatic carbocycles. The van der Waals surface area contributed by atoms with Crippen LogP contribution in [0.25, 0.3) is 0 Å². The first-order valence-corrected chi connectivity index (χ1v) is 58.8. The van der Waals surface area contributed by atoms with Gasteiger partial charge in [0.2, 0.25) is 0 Å². The lowest BCUT2D eigenvalue weighted by molar-refractivity contribution is -0.179. The third-order valence-electron chi connectivity index (χ3n) is 36.7. The zero-order chi connectivity index (χ0) is 109. The highest BCUT2D eigenvalue weighted by Gasteiger charge is 2.49. The smallest absolute Gasteiger partial charge is 0.306 e. The number of carboxylic acid groups (broad SMARTS) is 2. The van der Waals surface area contributed by atoms with Gasteiger partial charge in [0, 0.05) is 12.3 Å². The maximum atomic E-state index is 10.6. The van der Waals surface area contributed by atoms with Gasteiger partial charge in [0.15, 0.2) is 0 Å². The summed E-state index contributed by atoms with van der Waals surface area (Å²) in [5.41, 5.74) is -2.56. The Kier molecular flexibility index (Phi) is 65.9. The molecule has 14 N–H and O–H groups in total. The average Bonchev–Trinajstić information content (AvgIpc) is 1.62. The van der Waals surface area contributed by atoms with Crippen LogP contribution < -0.4 is 0 Å². The van der Waals surface area contributed by atoms with E-state index < -0.39 is 58.8 Å². The minimum absolute atomic E-state index is 0. The zero-order valence-corrected chi connectivity index (χ0v) is 97.8. The fraction of sp³-hybridized carbons (Fsp3) is 0.984. The van der Waals surface area contributed by atoms with Gasteiger partial charge in [-0.05, 0) is 401 Å². The molecule has 0 aromatic heterocycles. The van der Waals surface area contributed by atoms with Crippen LogP contribution in [0, 0.1) is 178 Å². The summed E-state index contributed by atoms with van der Waals surface area (Å²) in [5, 5.41) is 131. The number of aliphatic hydroxyl groups is 12. The highest BCUT2D eigenvalue weighted by atomic mass is 16.6. The van der Waals surface area contributed by atoms with Crippen LogP contribution in [0.5, 0.6) is 0 Å². The molecule has 0 bridgehead atoms. The van der Waals surface area contributed by atoms with Crippen molar-refractivity contribution in [3.8, 4) is 0 Å². The Balaban J connectivity index is 0.000000531. The fourth-order valence-electron chi connectivity index (χ4n) is 24.8. The van der Waals surface area contributed by atoms with Gasteiger partial charge in [0.25, 0.3) is 0 Å². The molecule has 14 aliphatic rings. The summed E-state index contributed by atoms with van der Waals surface area (Å²) in [6.07, 6.45) is 34.9. The largest absolute Gasteiger partial charge is 0.481 e. The van der Waals surface area contributed by atoms with E-state index in [2.05, 4.69) is 166 Å². The topological polar surface area (TPSA) is 373 Å². The predicted molar refractivity (Wildman–Crippen MR) is 589 cm³/mol. The Hall–Kier alpha value is -1.78. The van der Waals surface area contributed by atoms with Gasteiger partial charge in [-0.25, -0.2) is 0 Å². The molecule has 8 saturated carbocycles. The minimum Gasteiger partial charge on any atom is -0.481 e. The van der Waals surface area contributed by atoms with Crippen LogP contribution in [0.15, 0.2) is 0 Å². The molecule has 6 aliphatic heterocycles. The maximum absolute atomic E-state index is 10.6. The number of ether oxygens (including phenoxy) is 6. The molecule has 6 heterocycles. The Morgan fingerprint density at radius 2 is 0.694 bits per heavy atom.